The number of aliphatic hydroxyl groups is 1. The van der Waals surface area contributed by atoms with Crippen molar-refractivity contribution < 1.29 is 15.0 Å². The number of carbonyl (C=O) groups is 1. The third-order valence-electron chi connectivity index (χ3n) is 0.470. The molecule has 0 saturated heterocycles. The van der Waals surface area contributed by atoms with Crippen molar-refractivity contribution in [1.82, 2.24) is 0 Å². The standard InChI is InChI=1S/C4H8O3.H2Se2/c1-3(5)2-4(6)7;1-2/h3,5H,2H2,1H3,(H,6,7);1-2H/t3-;/m0./s1. The molecular formula is C4H10O3Se2. The summed E-state index contributed by atoms with van der Waals surface area (Å²) in [4.78, 5) is 9.65. The Labute approximate surface area is 69.0 Å². The van der Waals surface area contributed by atoms with Crippen LogP contribution in [0.5, 0.6) is 0 Å². The van der Waals surface area contributed by atoms with Crippen LogP contribution in [-0.2, 0) is 4.79 Å². The molecule has 0 aromatic rings. The number of rotatable bonds is 2. The molecule has 0 aliphatic heterocycles. The molecular weight excluding hydrogens is 254 g/mol. The van der Waals surface area contributed by atoms with Gasteiger partial charge in [-0.2, -0.15) is 0 Å². The molecule has 9 heavy (non-hydrogen) atoms. The van der Waals surface area contributed by atoms with Crippen molar-refractivity contribution in [2.24, 2.45) is 0 Å². The Bertz CT molecular complexity index is 74.2. The Morgan fingerprint density at radius 3 is 2.00 bits per heavy atom. The number of carboxylic acids is 1. The van der Waals surface area contributed by atoms with Gasteiger partial charge in [-0.05, 0) is 6.92 Å². The van der Waals surface area contributed by atoms with Gasteiger partial charge in [-0.3, -0.25) is 4.79 Å². The van der Waals surface area contributed by atoms with Gasteiger partial charge in [0.1, 0.15) is 0 Å². The Balaban J connectivity index is 0. The van der Waals surface area contributed by atoms with E-state index in [2.05, 4.69) is 28.4 Å². The molecule has 0 rings (SSSR count). The fraction of sp³-hybridized carbons (Fsp3) is 0.750. The van der Waals surface area contributed by atoms with Gasteiger partial charge in [0, 0.05) is 0 Å². The van der Waals surface area contributed by atoms with Crippen LogP contribution in [0.15, 0.2) is 0 Å². The topological polar surface area (TPSA) is 57.5 Å². The zero-order chi connectivity index (χ0) is 7.86. The van der Waals surface area contributed by atoms with Crippen LogP contribution in [0.2, 0.25) is 0 Å². The van der Waals surface area contributed by atoms with Crippen molar-refractivity contribution in [3.63, 3.8) is 0 Å². The maximum atomic E-state index is 9.65. The first-order valence-corrected chi connectivity index (χ1v) is 7.43. The van der Waals surface area contributed by atoms with Crippen LogP contribution in [0.25, 0.3) is 0 Å². The van der Waals surface area contributed by atoms with Crippen molar-refractivity contribution in [3.05, 3.63) is 0 Å². The van der Waals surface area contributed by atoms with Crippen LogP contribution >= 0.6 is 0 Å². The normalized spacial score (nSPS) is 11.1. The van der Waals surface area contributed by atoms with Gasteiger partial charge < -0.3 is 10.2 Å². The molecule has 0 amide bonds. The van der Waals surface area contributed by atoms with Crippen LogP contribution in [-0.4, -0.2) is 50.7 Å². The van der Waals surface area contributed by atoms with Gasteiger partial charge in [0.15, 0.2) is 0 Å². The van der Waals surface area contributed by atoms with E-state index in [1.165, 1.54) is 6.92 Å². The summed E-state index contributed by atoms with van der Waals surface area (Å²) in [6, 6.07) is 0. The van der Waals surface area contributed by atoms with E-state index in [0.717, 1.165) is 0 Å². The molecule has 0 heterocycles. The molecule has 0 aromatic carbocycles. The second kappa shape index (κ2) is 8.47. The van der Waals surface area contributed by atoms with E-state index in [1.807, 2.05) is 0 Å². The van der Waals surface area contributed by atoms with Gasteiger partial charge in [0.25, 0.3) is 0 Å². The Morgan fingerprint density at radius 2 is 2.00 bits per heavy atom. The summed E-state index contributed by atoms with van der Waals surface area (Å²) in [5.74, 6) is -0.963. The minimum atomic E-state index is -0.963. The summed E-state index contributed by atoms with van der Waals surface area (Å²) in [7, 11) is 0. The second-order valence-corrected chi connectivity index (χ2v) is 1.45. The molecule has 3 nitrogen and oxygen atoms in total. The predicted molar refractivity (Wildman–Crippen MR) is 38.2 cm³/mol. The van der Waals surface area contributed by atoms with Gasteiger partial charge in [0.2, 0.25) is 0 Å². The average molecular weight is 264 g/mol. The fourth-order valence-corrected chi connectivity index (χ4v) is 0.253. The third kappa shape index (κ3) is 17.7. The van der Waals surface area contributed by atoms with Gasteiger partial charge in [-0.25, -0.2) is 0 Å². The second-order valence-electron chi connectivity index (χ2n) is 1.45. The van der Waals surface area contributed by atoms with E-state index < -0.39 is 12.1 Å². The molecule has 0 saturated carbocycles. The summed E-state index contributed by atoms with van der Waals surface area (Å²) in [5.41, 5.74) is 0. The summed E-state index contributed by atoms with van der Waals surface area (Å²) < 4.78 is 0. The number of hydrogen-bond donors (Lipinski definition) is 2. The molecule has 56 valence electrons. The number of aliphatic hydroxyl groups excluding tert-OH is 1. The SMILES string of the molecule is C[C@H](O)CC(=O)O.[SeH][SeH]. The number of hydrogen-bond acceptors (Lipinski definition) is 2. The Morgan fingerprint density at radius 1 is 1.67 bits per heavy atom. The summed E-state index contributed by atoms with van der Waals surface area (Å²) in [6.45, 7) is 1.44. The van der Waals surface area contributed by atoms with Crippen molar-refractivity contribution in [2.45, 2.75) is 19.4 Å². The molecule has 0 aliphatic carbocycles. The Kier molecular flexibility index (Phi) is 11.5. The predicted octanol–water partition coefficient (Wildman–Crippen LogP) is -1.46. The molecule has 0 bridgehead atoms. The van der Waals surface area contributed by atoms with E-state index in [4.69, 9.17) is 10.2 Å². The number of carboxylic acid groups (broad SMARTS) is 1. The van der Waals surface area contributed by atoms with E-state index >= 15 is 0 Å². The van der Waals surface area contributed by atoms with Crippen molar-refractivity contribution in [1.29, 1.82) is 0 Å². The summed E-state index contributed by atoms with van der Waals surface area (Å²) in [6.07, 6.45) is -0.891. The van der Waals surface area contributed by atoms with E-state index in [1.54, 1.807) is 0 Å². The quantitative estimate of drug-likeness (QED) is 0.600. The molecule has 0 unspecified atom stereocenters. The molecule has 1 atom stereocenters. The first kappa shape index (κ1) is 12.2. The molecule has 2 N–H and O–H groups in total. The molecule has 0 aliphatic rings. The number of aliphatic carboxylic acids is 1. The zero-order valence-corrected chi connectivity index (χ0v) is 8.73. The zero-order valence-electron chi connectivity index (χ0n) is 4.98. The van der Waals surface area contributed by atoms with Gasteiger partial charge in [0.05, 0.1) is 12.5 Å². The summed E-state index contributed by atoms with van der Waals surface area (Å²) in [5, 5.41) is 16.3. The monoisotopic (exact) mass is 266 g/mol. The first-order chi connectivity index (χ1) is 4.13. The van der Waals surface area contributed by atoms with Gasteiger partial charge >= 0.3 is 34.3 Å². The van der Waals surface area contributed by atoms with E-state index in [-0.39, 0.29) is 6.42 Å². The van der Waals surface area contributed by atoms with Gasteiger partial charge in [-0.15, -0.1) is 0 Å². The average Bonchev–Trinajstić information content (AvgIpc) is 1.68. The molecule has 5 heteroatoms. The van der Waals surface area contributed by atoms with Crippen LogP contribution in [0.3, 0.4) is 0 Å². The molecule has 0 fully saturated rings. The maximum absolute atomic E-state index is 9.65. The van der Waals surface area contributed by atoms with Crippen LogP contribution in [0, 0.1) is 0 Å². The third-order valence-corrected chi connectivity index (χ3v) is 0.470. The van der Waals surface area contributed by atoms with Crippen molar-refractivity contribution >= 4 is 34.3 Å². The van der Waals surface area contributed by atoms with Crippen LogP contribution < -0.4 is 0 Å². The molecule has 0 spiro atoms. The first-order valence-electron chi connectivity index (χ1n) is 2.23. The fourth-order valence-electron chi connectivity index (χ4n) is 0.253. The van der Waals surface area contributed by atoms with Gasteiger partial charge in [-0.1, -0.05) is 0 Å². The Hall–Kier alpha value is 0.469. The van der Waals surface area contributed by atoms with Crippen LogP contribution in [0.1, 0.15) is 13.3 Å². The van der Waals surface area contributed by atoms with E-state index in [0.29, 0.717) is 0 Å². The van der Waals surface area contributed by atoms with Crippen LogP contribution in [0.4, 0.5) is 0 Å². The van der Waals surface area contributed by atoms with E-state index in [9.17, 15) is 4.79 Å². The van der Waals surface area contributed by atoms with Crippen molar-refractivity contribution in [3.8, 4) is 0 Å². The minimum absolute atomic E-state index is 0.167. The van der Waals surface area contributed by atoms with Crippen molar-refractivity contribution in [2.75, 3.05) is 0 Å². The molecule has 0 radical (unpaired) electrons. The summed E-state index contributed by atoms with van der Waals surface area (Å²) >= 11 is 4.50. The molecule has 0 aromatic heterocycles.